The number of thiophene rings is 1. The molecule has 122 valence electrons. The molecule has 0 radical (unpaired) electrons. The number of carbonyl (C=O) groups is 1. The van der Waals surface area contributed by atoms with Gasteiger partial charge in [-0.15, -0.1) is 17.9 Å². The Balaban J connectivity index is 2.00. The molecule has 0 aliphatic rings. The van der Waals surface area contributed by atoms with Crippen molar-refractivity contribution in [3.8, 4) is 0 Å². The molecule has 0 saturated carbocycles. The summed E-state index contributed by atoms with van der Waals surface area (Å²) in [5, 5.41) is 4.78. The molecule has 1 heterocycles. The van der Waals surface area contributed by atoms with Crippen LogP contribution in [0, 0.1) is 0 Å². The first-order valence-corrected chi connectivity index (χ1v) is 9.40. The first-order chi connectivity index (χ1) is 11.0. The third-order valence-corrected chi connectivity index (χ3v) is 5.42. The molecule has 0 aliphatic carbocycles. The summed E-state index contributed by atoms with van der Waals surface area (Å²) >= 11 is 1.64. The van der Waals surface area contributed by atoms with Crippen molar-refractivity contribution in [2.75, 3.05) is 13.1 Å². The zero-order chi connectivity index (χ0) is 16.7. The number of sulfonamides is 1. The van der Waals surface area contributed by atoms with Crippen LogP contribution >= 0.6 is 11.3 Å². The third kappa shape index (κ3) is 5.02. The van der Waals surface area contributed by atoms with E-state index in [2.05, 4.69) is 16.6 Å². The van der Waals surface area contributed by atoms with Gasteiger partial charge in [-0.1, -0.05) is 18.2 Å². The van der Waals surface area contributed by atoms with E-state index in [4.69, 9.17) is 0 Å². The fraction of sp³-hybridized carbons (Fsp3) is 0.188. The van der Waals surface area contributed by atoms with Crippen LogP contribution in [0.1, 0.15) is 15.2 Å². The molecular weight excluding hydrogens is 332 g/mol. The van der Waals surface area contributed by atoms with Gasteiger partial charge >= 0.3 is 0 Å². The number of nitrogens with one attached hydrogen (secondary N) is 2. The van der Waals surface area contributed by atoms with Gasteiger partial charge in [0, 0.05) is 23.5 Å². The van der Waals surface area contributed by atoms with E-state index in [1.807, 2.05) is 17.5 Å². The van der Waals surface area contributed by atoms with Gasteiger partial charge in [0.1, 0.15) is 0 Å². The van der Waals surface area contributed by atoms with E-state index in [0.717, 1.165) is 6.42 Å². The molecular formula is C16H18N2O3S2. The largest absolute Gasteiger partial charge is 0.352 e. The Morgan fingerprint density at radius 3 is 2.78 bits per heavy atom. The first kappa shape index (κ1) is 17.4. The second kappa shape index (κ2) is 8.05. The maximum atomic E-state index is 12.1. The normalized spacial score (nSPS) is 11.1. The van der Waals surface area contributed by atoms with Crippen LogP contribution in [-0.4, -0.2) is 27.4 Å². The van der Waals surface area contributed by atoms with Crippen molar-refractivity contribution in [2.24, 2.45) is 0 Å². The molecule has 2 N–H and O–H groups in total. The number of amides is 1. The zero-order valence-corrected chi connectivity index (χ0v) is 14.1. The third-order valence-electron chi connectivity index (χ3n) is 3.06. The highest BCUT2D eigenvalue weighted by atomic mass is 32.2. The maximum Gasteiger partial charge on any atom is 0.251 e. The van der Waals surface area contributed by atoms with Gasteiger partial charge in [0.05, 0.1) is 4.90 Å². The molecule has 1 aromatic carbocycles. The number of carbonyl (C=O) groups excluding carboxylic acids is 1. The van der Waals surface area contributed by atoms with E-state index in [-0.39, 0.29) is 17.3 Å². The second-order valence-electron chi connectivity index (χ2n) is 4.75. The fourth-order valence-electron chi connectivity index (χ4n) is 1.91. The van der Waals surface area contributed by atoms with Crippen molar-refractivity contribution < 1.29 is 13.2 Å². The van der Waals surface area contributed by atoms with Crippen LogP contribution in [0.2, 0.25) is 0 Å². The van der Waals surface area contributed by atoms with E-state index in [0.29, 0.717) is 12.1 Å². The molecule has 0 saturated heterocycles. The van der Waals surface area contributed by atoms with Crippen molar-refractivity contribution in [1.29, 1.82) is 0 Å². The summed E-state index contributed by atoms with van der Waals surface area (Å²) in [5.41, 5.74) is 0.317. The Morgan fingerprint density at radius 1 is 1.26 bits per heavy atom. The van der Waals surface area contributed by atoms with Gasteiger partial charge in [0.15, 0.2) is 0 Å². The highest BCUT2D eigenvalue weighted by Gasteiger charge is 2.15. The molecule has 2 aromatic rings. The van der Waals surface area contributed by atoms with E-state index in [9.17, 15) is 13.2 Å². The minimum Gasteiger partial charge on any atom is -0.352 e. The Bertz CT molecular complexity index is 768. The van der Waals surface area contributed by atoms with Crippen molar-refractivity contribution >= 4 is 27.3 Å². The van der Waals surface area contributed by atoms with Crippen molar-refractivity contribution in [1.82, 2.24) is 10.0 Å². The average Bonchev–Trinajstić information content (AvgIpc) is 3.06. The van der Waals surface area contributed by atoms with E-state index in [1.54, 1.807) is 23.5 Å². The maximum absolute atomic E-state index is 12.1. The van der Waals surface area contributed by atoms with Crippen molar-refractivity contribution in [3.63, 3.8) is 0 Å². The smallest absolute Gasteiger partial charge is 0.251 e. The minimum absolute atomic E-state index is 0.0604. The van der Waals surface area contributed by atoms with Crippen LogP contribution in [-0.2, 0) is 16.4 Å². The van der Waals surface area contributed by atoms with Gasteiger partial charge in [-0.25, -0.2) is 13.1 Å². The average molecular weight is 350 g/mol. The molecule has 0 fully saturated rings. The summed E-state index contributed by atoms with van der Waals surface area (Å²) in [7, 11) is -3.63. The monoisotopic (exact) mass is 350 g/mol. The van der Waals surface area contributed by atoms with Gasteiger partial charge in [-0.3, -0.25) is 4.79 Å². The van der Waals surface area contributed by atoms with Gasteiger partial charge < -0.3 is 5.32 Å². The van der Waals surface area contributed by atoms with Gasteiger partial charge in [-0.2, -0.15) is 0 Å². The Hall–Kier alpha value is -1.96. The molecule has 0 unspecified atom stereocenters. The summed E-state index contributed by atoms with van der Waals surface area (Å²) in [4.78, 5) is 13.4. The Kier molecular flexibility index (Phi) is 6.09. The number of rotatable bonds is 8. The quantitative estimate of drug-likeness (QED) is 0.717. The van der Waals surface area contributed by atoms with Crippen LogP contribution in [0.3, 0.4) is 0 Å². The lowest BCUT2D eigenvalue weighted by molar-refractivity contribution is 0.0954. The molecule has 0 spiro atoms. The van der Waals surface area contributed by atoms with Crippen LogP contribution in [0.5, 0.6) is 0 Å². The number of hydrogen-bond acceptors (Lipinski definition) is 4. The molecule has 0 atom stereocenters. The Morgan fingerprint density at radius 2 is 2.09 bits per heavy atom. The molecule has 2 rings (SSSR count). The fourth-order valence-corrected chi connectivity index (χ4v) is 3.67. The van der Waals surface area contributed by atoms with E-state index in [1.165, 1.54) is 23.1 Å². The first-order valence-electron chi connectivity index (χ1n) is 7.04. The highest BCUT2D eigenvalue weighted by molar-refractivity contribution is 7.89. The molecule has 23 heavy (non-hydrogen) atoms. The van der Waals surface area contributed by atoms with Gasteiger partial charge in [-0.05, 0) is 36.1 Å². The van der Waals surface area contributed by atoms with Crippen LogP contribution in [0.15, 0.2) is 59.3 Å². The summed E-state index contributed by atoms with van der Waals surface area (Å²) < 4.78 is 26.5. The van der Waals surface area contributed by atoms with E-state index < -0.39 is 10.0 Å². The molecule has 0 aliphatic heterocycles. The summed E-state index contributed by atoms with van der Waals surface area (Å²) in [6, 6.07) is 9.94. The van der Waals surface area contributed by atoms with Crippen LogP contribution in [0.4, 0.5) is 0 Å². The lowest BCUT2D eigenvalue weighted by atomic mass is 10.2. The number of benzene rings is 1. The summed E-state index contributed by atoms with van der Waals surface area (Å²) in [6.45, 7) is 4.11. The predicted molar refractivity (Wildman–Crippen MR) is 92.2 cm³/mol. The highest BCUT2D eigenvalue weighted by Crippen LogP contribution is 2.12. The predicted octanol–water partition coefficient (Wildman–Crippen LogP) is 2.18. The Labute approximate surface area is 140 Å². The van der Waals surface area contributed by atoms with Gasteiger partial charge in [0.2, 0.25) is 10.0 Å². The topological polar surface area (TPSA) is 75.3 Å². The molecule has 0 bridgehead atoms. The molecule has 1 aromatic heterocycles. The van der Waals surface area contributed by atoms with Gasteiger partial charge in [0.25, 0.3) is 5.91 Å². The SMILES string of the molecule is C=CCNS(=O)(=O)c1cccc(C(=O)NCCc2cccs2)c1. The van der Waals surface area contributed by atoms with Crippen LogP contribution < -0.4 is 10.0 Å². The van der Waals surface area contributed by atoms with Crippen molar-refractivity contribution in [3.05, 3.63) is 64.9 Å². The van der Waals surface area contributed by atoms with E-state index >= 15 is 0 Å². The summed E-state index contributed by atoms with van der Waals surface area (Å²) in [6.07, 6.45) is 2.21. The summed E-state index contributed by atoms with van der Waals surface area (Å²) in [5.74, 6) is -0.290. The lowest BCUT2D eigenvalue weighted by Crippen LogP contribution is -2.27. The number of hydrogen-bond donors (Lipinski definition) is 2. The molecule has 1 amide bonds. The standard InChI is InChI=1S/C16H18N2O3S2/c1-2-9-18-23(20,21)15-7-3-5-13(12-15)16(19)17-10-8-14-6-4-11-22-14/h2-7,11-12,18H,1,8-10H2,(H,17,19). The molecule has 5 nitrogen and oxygen atoms in total. The zero-order valence-electron chi connectivity index (χ0n) is 12.5. The van der Waals surface area contributed by atoms with Crippen LogP contribution in [0.25, 0.3) is 0 Å². The van der Waals surface area contributed by atoms with Crippen molar-refractivity contribution in [2.45, 2.75) is 11.3 Å². The molecule has 7 heteroatoms. The second-order valence-corrected chi connectivity index (χ2v) is 7.55. The minimum atomic E-state index is -3.63. The lowest BCUT2D eigenvalue weighted by Gasteiger charge is -2.08.